The van der Waals surface area contributed by atoms with Crippen LogP contribution in [-0.4, -0.2) is 0 Å². The van der Waals surface area contributed by atoms with Gasteiger partial charge in [-0.1, -0.05) is 27.7 Å². The second-order valence-electron chi connectivity index (χ2n) is 5.15. The third-order valence-electron chi connectivity index (χ3n) is 3.22. The standard InChI is InChI=1S/C14H25N3/c1-8(2)13-10(6-15)5-12(17)14(9(3)4)11(13)7-16/h5,8-9H,6-7,15-17H2,1-4H3. The summed E-state index contributed by atoms with van der Waals surface area (Å²) in [5.74, 6) is 0.808. The van der Waals surface area contributed by atoms with Gasteiger partial charge in [-0.15, -0.1) is 0 Å². The second-order valence-corrected chi connectivity index (χ2v) is 5.15. The smallest absolute Gasteiger partial charge is 0.0355 e. The van der Waals surface area contributed by atoms with Gasteiger partial charge in [0.2, 0.25) is 0 Å². The van der Waals surface area contributed by atoms with Gasteiger partial charge in [0.05, 0.1) is 0 Å². The zero-order valence-electron chi connectivity index (χ0n) is 11.4. The van der Waals surface area contributed by atoms with Gasteiger partial charge in [-0.25, -0.2) is 0 Å². The lowest BCUT2D eigenvalue weighted by Crippen LogP contribution is -2.15. The molecule has 0 unspecified atom stereocenters. The Kier molecular flexibility index (Phi) is 4.54. The molecule has 96 valence electrons. The highest BCUT2D eigenvalue weighted by molar-refractivity contribution is 5.59. The molecule has 3 heteroatoms. The minimum absolute atomic E-state index is 0.387. The van der Waals surface area contributed by atoms with Crippen molar-refractivity contribution in [2.75, 3.05) is 5.73 Å². The molecule has 0 radical (unpaired) electrons. The summed E-state index contributed by atoms with van der Waals surface area (Å²) in [4.78, 5) is 0. The van der Waals surface area contributed by atoms with E-state index in [0.29, 0.717) is 24.9 Å². The number of nitrogens with two attached hydrogens (primary N) is 3. The second kappa shape index (κ2) is 5.52. The van der Waals surface area contributed by atoms with Gasteiger partial charge < -0.3 is 17.2 Å². The summed E-state index contributed by atoms with van der Waals surface area (Å²) in [6.45, 7) is 9.69. The molecular weight excluding hydrogens is 210 g/mol. The van der Waals surface area contributed by atoms with Crippen LogP contribution in [-0.2, 0) is 13.1 Å². The maximum atomic E-state index is 6.13. The van der Waals surface area contributed by atoms with E-state index in [4.69, 9.17) is 17.2 Å². The highest BCUT2D eigenvalue weighted by Crippen LogP contribution is 2.34. The third-order valence-corrected chi connectivity index (χ3v) is 3.22. The van der Waals surface area contributed by atoms with E-state index in [-0.39, 0.29) is 0 Å². The van der Waals surface area contributed by atoms with Crippen LogP contribution in [0.1, 0.15) is 61.8 Å². The van der Waals surface area contributed by atoms with Gasteiger partial charge in [-0.2, -0.15) is 0 Å². The zero-order valence-corrected chi connectivity index (χ0v) is 11.4. The Morgan fingerprint density at radius 2 is 1.47 bits per heavy atom. The van der Waals surface area contributed by atoms with Crippen molar-refractivity contribution in [2.45, 2.75) is 52.6 Å². The molecule has 0 heterocycles. The summed E-state index contributed by atoms with van der Waals surface area (Å²) in [5.41, 5.74) is 23.5. The predicted octanol–water partition coefficient (Wildman–Crippen LogP) is 2.43. The lowest BCUT2D eigenvalue weighted by atomic mass is 9.84. The number of benzene rings is 1. The molecule has 0 saturated heterocycles. The average Bonchev–Trinajstić information content (AvgIpc) is 2.25. The van der Waals surface area contributed by atoms with Crippen molar-refractivity contribution in [2.24, 2.45) is 11.5 Å². The minimum Gasteiger partial charge on any atom is -0.398 e. The van der Waals surface area contributed by atoms with Gasteiger partial charge in [0.1, 0.15) is 0 Å². The van der Waals surface area contributed by atoms with Crippen LogP contribution in [0.3, 0.4) is 0 Å². The van der Waals surface area contributed by atoms with Gasteiger partial charge in [0.15, 0.2) is 0 Å². The summed E-state index contributed by atoms with van der Waals surface area (Å²) in [6, 6.07) is 2.02. The molecule has 0 spiro atoms. The molecule has 0 saturated carbocycles. The largest absolute Gasteiger partial charge is 0.398 e. The van der Waals surface area contributed by atoms with E-state index >= 15 is 0 Å². The molecule has 0 aliphatic carbocycles. The molecule has 0 fully saturated rings. The topological polar surface area (TPSA) is 78.1 Å². The van der Waals surface area contributed by atoms with Crippen LogP contribution in [0.15, 0.2) is 6.07 Å². The Balaban J connectivity index is 3.59. The normalized spacial score (nSPS) is 11.5. The molecule has 6 N–H and O–H groups in total. The van der Waals surface area contributed by atoms with Crippen molar-refractivity contribution >= 4 is 5.69 Å². The molecule has 1 aromatic rings. The van der Waals surface area contributed by atoms with Crippen molar-refractivity contribution < 1.29 is 0 Å². The summed E-state index contributed by atoms with van der Waals surface area (Å²) < 4.78 is 0. The maximum absolute atomic E-state index is 6.13. The first kappa shape index (κ1) is 14.0. The van der Waals surface area contributed by atoms with Crippen molar-refractivity contribution in [3.05, 3.63) is 28.3 Å². The van der Waals surface area contributed by atoms with Crippen molar-refractivity contribution in [3.8, 4) is 0 Å². The molecule has 3 nitrogen and oxygen atoms in total. The lowest BCUT2D eigenvalue weighted by Gasteiger charge is -2.23. The molecule has 0 aromatic heterocycles. The first-order chi connectivity index (χ1) is 7.93. The first-order valence-corrected chi connectivity index (χ1v) is 6.28. The highest BCUT2D eigenvalue weighted by atomic mass is 14.6. The van der Waals surface area contributed by atoms with Crippen LogP contribution in [0.25, 0.3) is 0 Å². The van der Waals surface area contributed by atoms with Crippen molar-refractivity contribution in [1.29, 1.82) is 0 Å². The van der Waals surface area contributed by atoms with E-state index in [9.17, 15) is 0 Å². The van der Waals surface area contributed by atoms with Gasteiger partial charge >= 0.3 is 0 Å². The summed E-state index contributed by atoms with van der Waals surface area (Å²) in [7, 11) is 0. The third kappa shape index (κ3) is 2.61. The highest BCUT2D eigenvalue weighted by Gasteiger charge is 2.18. The fourth-order valence-electron chi connectivity index (χ4n) is 2.65. The maximum Gasteiger partial charge on any atom is 0.0355 e. The van der Waals surface area contributed by atoms with Crippen molar-refractivity contribution in [3.63, 3.8) is 0 Å². The molecule has 0 aliphatic heterocycles. The van der Waals surface area contributed by atoms with Gasteiger partial charge in [0, 0.05) is 18.8 Å². The molecule has 1 aromatic carbocycles. The number of rotatable bonds is 4. The lowest BCUT2D eigenvalue weighted by molar-refractivity contribution is 0.781. The van der Waals surface area contributed by atoms with Crippen LogP contribution in [0.2, 0.25) is 0 Å². The zero-order chi connectivity index (χ0) is 13.2. The Labute approximate surface area is 104 Å². The Morgan fingerprint density at radius 3 is 1.82 bits per heavy atom. The van der Waals surface area contributed by atoms with Crippen LogP contribution in [0, 0.1) is 0 Å². The van der Waals surface area contributed by atoms with Crippen LogP contribution < -0.4 is 17.2 Å². The monoisotopic (exact) mass is 235 g/mol. The van der Waals surface area contributed by atoms with Gasteiger partial charge in [-0.05, 0) is 40.2 Å². The molecule has 0 aliphatic rings. The SMILES string of the molecule is CC(C)c1c(N)cc(CN)c(C(C)C)c1CN. The van der Waals surface area contributed by atoms with Crippen molar-refractivity contribution in [1.82, 2.24) is 0 Å². The summed E-state index contributed by atoms with van der Waals surface area (Å²) in [6.07, 6.45) is 0. The Bertz CT molecular complexity index is 395. The minimum atomic E-state index is 0.387. The Hall–Kier alpha value is -1.06. The molecule has 1 rings (SSSR count). The first-order valence-electron chi connectivity index (χ1n) is 6.28. The number of nitrogen functional groups attached to an aromatic ring is 1. The molecule has 0 atom stereocenters. The average molecular weight is 235 g/mol. The van der Waals surface area contributed by atoms with E-state index in [2.05, 4.69) is 27.7 Å². The fourth-order valence-corrected chi connectivity index (χ4v) is 2.65. The molecule has 0 amide bonds. The van der Waals surface area contributed by atoms with E-state index < -0.39 is 0 Å². The number of hydrogen-bond acceptors (Lipinski definition) is 3. The predicted molar refractivity (Wildman–Crippen MR) is 74.8 cm³/mol. The van der Waals surface area contributed by atoms with Crippen LogP contribution in [0.5, 0.6) is 0 Å². The number of anilines is 1. The quantitative estimate of drug-likeness (QED) is 0.701. The molecule has 17 heavy (non-hydrogen) atoms. The number of hydrogen-bond donors (Lipinski definition) is 3. The fraction of sp³-hybridized carbons (Fsp3) is 0.571. The van der Waals surface area contributed by atoms with Gasteiger partial charge in [0.25, 0.3) is 0 Å². The van der Waals surface area contributed by atoms with E-state index in [1.165, 1.54) is 16.7 Å². The molecule has 0 bridgehead atoms. The summed E-state index contributed by atoms with van der Waals surface area (Å²) in [5, 5.41) is 0. The molecular formula is C14H25N3. The van der Waals surface area contributed by atoms with Crippen LogP contribution in [0.4, 0.5) is 5.69 Å². The summed E-state index contributed by atoms with van der Waals surface area (Å²) >= 11 is 0. The van der Waals surface area contributed by atoms with E-state index in [1.54, 1.807) is 0 Å². The van der Waals surface area contributed by atoms with E-state index in [0.717, 1.165) is 11.3 Å². The Morgan fingerprint density at radius 1 is 0.941 bits per heavy atom. The van der Waals surface area contributed by atoms with E-state index in [1.807, 2.05) is 6.07 Å². The van der Waals surface area contributed by atoms with Crippen LogP contribution >= 0.6 is 0 Å². The van der Waals surface area contributed by atoms with Gasteiger partial charge in [-0.3, -0.25) is 0 Å².